The van der Waals surface area contributed by atoms with Crippen molar-refractivity contribution in [3.8, 4) is 11.3 Å². The van der Waals surface area contributed by atoms with E-state index in [1.165, 1.54) is 16.7 Å². The third-order valence-electron chi connectivity index (χ3n) is 2.46. The lowest BCUT2D eigenvalue weighted by Gasteiger charge is -2.05. The van der Waals surface area contributed by atoms with E-state index in [-0.39, 0.29) is 0 Å². The highest BCUT2D eigenvalue weighted by Gasteiger charge is 2.21. The van der Waals surface area contributed by atoms with Gasteiger partial charge in [-0.05, 0) is 4.90 Å². The van der Waals surface area contributed by atoms with Crippen molar-refractivity contribution in [2.24, 2.45) is 0 Å². The second-order valence-electron chi connectivity index (χ2n) is 4.26. The van der Waals surface area contributed by atoms with E-state index in [4.69, 9.17) is 4.63 Å². The van der Waals surface area contributed by atoms with Crippen molar-refractivity contribution >= 4 is 11.8 Å². The van der Waals surface area contributed by atoms with Gasteiger partial charge in [0.15, 0.2) is 0 Å². The van der Waals surface area contributed by atoms with Crippen molar-refractivity contribution < 1.29 is 14.4 Å². The lowest BCUT2D eigenvalue weighted by atomic mass is 10.2. The van der Waals surface area contributed by atoms with Crippen LogP contribution in [0.2, 0.25) is 0 Å². The Hall–Kier alpha value is -1.53. The Morgan fingerprint density at radius 1 is 1.33 bits per heavy atom. The molecule has 1 aromatic carbocycles. The number of hydrogen-bond acceptors (Lipinski definition) is 4. The van der Waals surface area contributed by atoms with Crippen LogP contribution in [0.25, 0.3) is 11.3 Å². The van der Waals surface area contributed by atoms with Crippen LogP contribution in [0.5, 0.6) is 0 Å². The first kappa shape index (κ1) is 12.9. The van der Waals surface area contributed by atoms with Crippen molar-refractivity contribution in [2.45, 2.75) is 5.03 Å². The standard InChI is InChI=1S/C12H15N3O2S/c1-14(2)8-9-18-12-11(13-17-15(12)16)10-6-4-3-5-7-10/h3-7H,8-9H2,1-2H3/p+1. The van der Waals surface area contributed by atoms with Crippen molar-refractivity contribution in [1.29, 1.82) is 0 Å². The molecule has 0 aliphatic carbocycles. The minimum absolute atomic E-state index is 0.484. The summed E-state index contributed by atoms with van der Waals surface area (Å²) in [7, 11) is 4.16. The van der Waals surface area contributed by atoms with Gasteiger partial charge in [-0.2, -0.15) is 0 Å². The lowest BCUT2D eigenvalue weighted by Crippen LogP contribution is -3.06. The molecule has 0 spiro atoms. The molecule has 2 rings (SSSR count). The Bertz CT molecular complexity index is 499. The summed E-state index contributed by atoms with van der Waals surface area (Å²) in [4.78, 5) is 1.83. The minimum Gasteiger partial charge on any atom is -0.359 e. The fourth-order valence-electron chi connectivity index (χ4n) is 1.49. The van der Waals surface area contributed by atoms with E-state index >= 15 is 0 Å². The molecule has 0 unspecified atom stereocenters. The fourth-order valence-corrected chi connectivity index (χ4v) is 2.62. The van der Waals surface area contributed by atoms with Crippen LogP contribution in [0.15, 0.2) is 40.0 Å². The monoisotopic (exact) mass is 266 g/mol. The van der Waals surface area contributed by atoms with Crippen LogP contribution in [-0.4, -0.2) is 31.5 Å². The zero-order valence-electron chi connectivity index (χ0n) is 10.4. The highest BCUT2D eigenvalue weighted by molar-refractivity contribution is 7.99. The summed E-state index contributed by atoms with van der Waals surface area (Å²) in [5.74, 6) is 0.853. The van der Waals surface area contributed by atoms with Gasteiger partial charge in [-0.3, -0.25) is 4.63 Å². The van der Waals surface area contributed by atoms with Gasteiger partial charge in [0.2, 0.25) is 0 Å². The summed E-state index contributed by atoms with van der Waals surface area (Å²) in [6.45, 7) is 0.976. The molecule has 18 heavy (non-hydrogen) atoms. The first-order chi connectivity index (χ1) is 8.68. The third kappa shape index (κ3) is 3.02. The van der Waals surface area contributed by atoms with E-state index < -0.39 is 0 Å². The molecular weight excluding hydrogens is 250 g/mol. The van der Waals surface area contributed by atoms with Crippen LogP contribution < -0.4 is 9.80 Å². The van der Waals surface area contributed by atoms with Crippen molar-refractivity contribution in [3.63, 3.8) is 0 Å². The molecule has 5 nitrogen and oxygen atoms in total. The molecule has 2 aromatic rings. The molecule has 1 aromatic heterocycles. The maximum Gasteiger partial charge on any atom is 0.262 e. The summed E-state index contributed by atoms with van der Waals surface area (Å²) in [5, 5.41) is 15.9. The number of thioether (sulfide) groups is 1. The third-order valence-corrected chi connectivity index (χ3v) is 3.49. The Morgan fingerprint density at radius 3 is 2.72 bits per heavy atom. The van der Waals surface area contributed by atoms with Gasteiger partial charge in [0, 0.05) is 10.7 Å². The Labute approximate surface area is 110 Å². The molecule has 1 N–H and O–H groups in total. The average molecular weight is 266 g/mol. The van der Waals surface area contributed by atoms with Gasteiger partial charge in [-0.1, -0.05) is 42.1 Å². The maximum atomic E-state index is 11.5. The van der Waals surface area contributed by atoms with E-state index in [2.05, 4.69) is 19.3 Å². The zero-order chi connectivity index (χ0) is 13.0. The smallest absolute Gasteiger partial charge is 0.262 e. The average Bonchev–Trinajstić information content (AvgIpc) is 2.72. The second kappa shape index (κ2) is 5.88. The van der Waals surface area contributed by atoms with Gasteiger partial charge in [0.1, 0.15) is 0 Å². The van der Waals surface area contributed by atoms with Gasteiger partial charge in [0.25, 0.3) is 10.7 Å². The van der Waals surface area contributed by atoms with Crippen LogP contribution >= 0.6 is 11.8 Å². The predicted octanol–water partition coefficient (Wildman–Crippen LogP) is 0.212. The lowest BCUT2D eigenvalue weighted by molar-refractivity contribution is -0.855. The normalized spacial score (nSPS) is 11.1. The molecule has 1 heterocycles. The molecule has 0 aliphatic heterocycles. The number of hydrogen-bond donors (Lipinski definition) is 1. The van der Waals surface area contributed by atoms with Crippen molar-refractivity contribution in [1.82, 2.24) is 5.16 Å². The topological polar surface area (TPSA) is 57.4 Å². The molecule has 0 aliphatic rings. The second-order valence-corrected chi connectivity index (χ2v) is 5.34. The highest BCUT2D eigenvalue weighted by Crippen LogP contribution is 2.26. The van der Waals surface area contributed by atoms with E-state index in [1.54, 1.807) is 0 Å². The van der Waals surface area contributed by atoms with E-state index in [9.17, 15) is 5.21 Å². The molecule has 0 fully saturated rings. The zero-order valence-corrected chi connectivity index (χ0v) is 11.2. The molecule has 0 atom stereocenters. The number of aromatic nitrogens is 2. The summed E-state index contributed by atoms with van der Waals surface area (Å²) in [5.41, 5.74) is 1.51. The van der Waals surface area contributed by atoms with Crippen LogP contribution in [0.3, 0.4) is 0 Å². The summed E-state index contributed by atoms with van der Waals surface area (Å²) >= 11 is 1.48. The number of rotatable bonds is 5. The summed E-state index contributed by atoms with van der Waals surface area (Å²) in [6.07, 6.45) is 0. The largest absolute Gasteiger partial charge is 0.359 e. The number of nitrogens with one attached hydrogen (secondary N) is 1. The number of quaternary nitrogens is 1. The van der Waals surface area contributed by atoms with Crippen LogP contribution in [0.4, 0.5) is 0 Å². The first-order valence-corrected chi connectivity index (χ1v) is 6.74. The van der Waals surface area contributed by atoms with Gasteiger partial charge in [0.05, 0.1) is 26.4 Å². The number of benzene rings is 1. The van der Waals surface area contributed by atoms with E-state index in [0.717, 1.165) is 17.9 Å². The number of nitrogens with zero attached hydrogens (tertiary/aromatic N) is 2. The molecule has 0 amide bonds. The molecular formula is C12H16N3O2S+. The van der Waals surface area contributed by atoms with Crippen LogP contribution in [0, 0.1) is 5.21 Å². The highest BCUT2D eigenvalue weighted by atomic mass is 32.2. The Kier molecular flexibility index (Phi) is 4.22. The predicted molar refractivity (Wildman–Crippen MR) is 69.3 cm³/mol. The van der Waals surface area contributed by atoms with Gasteiger partial charge < -0.3 is 10.1 Å². The molecule has 96 valence electrons. The fraction of sp³-hybridized carbons (Fsp3) is 0.333. The van der Waals surface area contributed by atoms with Crippen LogP contribution in [0.1, 0.15) is 0 Å². The van der Waals surface area contributed by atoms with E-state index in [0.29, 0.717) is 15.6 Å². The molecule has 0 radical (unpaired) electrons. The van der Waals surface area contributed by atoms with Crippen LogP contribution in [-0.2, 0) is 0 Å². The van der Waals surface area contributed by atoms with Crippen molar-refractivity contribution in [3.05, 3.63) is 35.5 Å². The molecule has 0 bridgehead atoms. The molecule has 0 saturated heterocycles. The van der Waals surface area contributed by atoms with Gasteiger partial charge >= 0.3 is 0 Å². The summed E-state index contributed by atoms with van der Waals surface area (Å²) < 4.78 is 4.69. The SMILES string of the molecule is C[NH+](C)CCSc1c(-c2ccccc2)no[n+]1[O-]. The van der Waals surface area contributed by atoms with Crippen molar-refractivity contribution in [2.75, 3.05) is 26.4 Å². The maximum absolute atomic E-state index is 11.5. The van der Waals surface area contributed by atoms with Gasteiger partial charge in [-0.15, -0.1) is 0 Å². The Balaban J connectivity index is 2.17. The molecule has 6 heteroatoms. The Morgan fingerprint density at radius 2 is 2.06 bits per heavy atom. The first-order valence-electron chi connectivity index (χ1n) is 5.75. The van der Waals surface area contributed by atoms with Gasteiger partial charge in [-0.25, -0.2) is 0 Å². The summed E-state index contributed by atoms with van der Waals surface area (Å²) in [6, 6.07) is 9.59. The molecule has 0 saturated carbocycles. The quantitative estimate of drug-likeness (QED) is 0.621. The minimum atomic E-state index is 0.484. The van der Waals surface area contributed by atoms with E-state index in [1.807, 2.05) is 30.3 Å².